The molecule has 1 aromatic heterocycles. The number of rotatable bonds is 7. The number of nitrogens with zero attached hydrogens (tertiary/aromatic N) is 2. The number of ether oxygens (including phenoxy) is 1. The number of fused-ring (bicyclic) bond motifs is 1. The van der Waals surface area contributed by atoms with Crippen molar-refractivity contribution in [2.75, 3.05) is 10.2 Å². The predicted octanol–water partition coefficient (Wildman–Crippen LogP) is 9.36. The molecule has 5 aromatic rings. The van der Waals surface area contributed by atoms with E-state index in [0.29, 0.717) is 57.9 Å². The maximum absolute atomic E-state index is 16.6. The van der Waals surface area contributed by atoms with Crippen molar-refractivity contribution in [2.24, 2.45) is 5.41 Å². The molecule has 0 amide bonds. The number of para-hydroxylation sites is 1. The van der Waals surface area contributed by atoms with Crippen molar-refractivity contribution in [3.8, 4) is 23.0 Å². The number of oxazole rings is 1. The van der Waals surface area contributed by atoms with Crippen molar-refractivity contribution < 1.29 is 23.4 Å². The minimum atomic E-state index is -0.953. The third-order valence-corrected chi connectivity index (χ3v) is 8.90. The maximum atomic E-state index is 16.6. The van der Waals surface area contributed by atoms with Crippen molar-refractivity contribution in [1.29, 1.82) is 0 Å². The highest BCUT2D eigenvalue weighted by Gasteiger charge is 2.44. The van der Waals surface area contributed by atoms with Crippen LogP contribution in [-0.2, 0) is 11.4 Å². The smallest absolute Gasteiger partial charge is 0.226 e. The largest absolute Gasteiger partial charge is 0.506 e. The number of phenols is 1. The highest BCUT2D eigenvalue weighted by molar-refractivity contribution is 6.03. The molecule has 2 N–H and O–H groups in total. The Hall–Kier alpha value is -5.63. The van der Waals surface area contributed by atoms with E-state index >= 15 is 4.39 Å². The fourth-order valence-electron chi connectivity index (χ4n) is 6.68. The first-order chi connectivity index (χ1) is 23.1. The molecular formula is C40H36FN3O4. The summed E-state index contributed by atoms with van der Waals surface area (Å²) in [5, 5.41) is 14.6. The summed E-state index contributed by atoms with van der Waals surface area (Å²) in [4.78, 5) is 20.9. The highest BCUT2D eigenvalue weighted by Crippen LogP contribution is 2.53. The Labute approximate surface area is 279 Å². The molecule has 8 heteroatoms. The summed E-state index contributed by atoms with van der Waals surface area (Å²) in [6.07, 6.45) is 0.785. The SMILES string of the molecule is C=C(c1nc(-c2ccccc2)oc1C)N1c2cccc(O)c2NC2=C(C(=O)CC(C)(C)C2)C1c1ccc(OCc2ccccc2)cc1F. The Balaban J connectivity index is 1.40. The second-order valence-electron chi connectivity index (χ2n) is 13.1. The van der Waals surface area contributed by atoms with Gasteiger partial charge in [0, 0.05) is 34.9 Å². The zero-order valence-electron chi connectivity index (χ0n) is 27.1. The molecule has 7 nitrogen and oxygen atoms in total. The van der Waals surface area contributed by atoms with Gasteiger partial charge in [0.1, 0.15) is 41.1 Å². The number of aryl methyl sites for hydroxylation is 1. The van der Waals surface area contributed by atoms with E-state index in [9.17, 15) is 9.90 Å². The standard InChI is InChI=1S/C40H36FN3O4/c1-24(36-25(2)48-39(43-36)27-14-9-6-10-15-27)44-32-16-11-17-33(45)37(32)42-31-21-40(3,4)22-34(46)35(31)38(44)29-19-18-28(20-30(29)41)47-23-26-12-7-5-8-13-26/h5-20,38,42,45H,1,21-23H2,2-4H3. The van der Waals surface area contributed by atoms with Gasteiger partial charge in [-0.15, -0.1) is 0 Å². The van der Waals surface area contributed by atoms with Crippen molar-refractivity contribution >= 4 is 22.9 Å². The number of aromatic nitrogens is 1. The van der Waals surface area contributed by atoms with Gasteiger partial charge in [0.2, 0.25) is 5.89 Å². The van der Waals surface area contributed by atoms with Crippen molar-refractivity contribution in [3.63, 3.8) is 0 Å². The molecule has 242 valence electrons. The van der Waals surface area contributed by atoms with Gasteiger partial charge in [-0.3, -0.25) is 4.79 Å². The molecule has 0 fully saturated rings. The number of Topliss-reactive ketones (excluding diaryl/α,β-unsaturated/α-hetero) is 1. The number of ketones is 1. The predicted molar refractivity (Wildman–Crippen MR) is 185 cm³/mol. The molecule has 0 bridgehead atoms. The van der Waals surface area contributed by atoms with Gasteiger partial charge in [0.05, 0.1) is 17.4 Å². The molecule has 2 aliphatic rings. The summed E-state index contributed by atoms with van der Waals surface area (Å²) in [5.74, 6) is 0.604. The molecule has 0 saturated heterocycles. The van der Waals surface area contributed by atoms with Crippen LogP contribution in [0.2, 0.25) is 0 Å². The molecule has 0 radical (unpaired) electrons. The lowest BCUT2D eigenvalue weighted by molar-refractivity contribution is -0.118. The zero-order valence-corrected chi connectivity index (χ0v) is 27.1. The summed E-state index contributed by atoms with van der Waals surface area (Å²) in [6, 6.07) is 28.1. The van der Waals surface area contributed by atoms with Crippen LogP contribution >= 0.6 is 0 Å². The van der Waals surface area contributed by atoms with Crippen LogP contribution in [0.1, 0.15) is 55.3 Å². The van der Waals surface area contributed by atoms with Gasteiger partial charge in [-0.25, -0.2) is 9.37 Å². The van der Waals surface area contributed by atoms with E-state index in [1.54, 1.807) is 36.1 Å². The van der Waals surface area contributed by atoms with Gasteiger partial charge in [-0.2, -0.15) is 0 Å². The fourth-order valence-corrected chi connectivity index (χ4v) is 6.68. The van der Waals surface area contributed by atoms with E-state index < -0.39 is 11.9 Å². The summed E-state index contributed by atoms with van der Waals surface area (Å²) in [7, 11) is 0. The van der Waals surface area contributed by atoms with E-state index in [4.69, 9.17) is 14.1 Å². The number of nitrogens with one attached hydrogen (secondary N) is 1. The van der Waals surface area contributed by atoms with Crippen molar-refractivity contribution in [2.45, 2.75) is 46.3 Å². The number of anilines is 2. The Morgan fingerprint density at radius 3 is 2.50 bits per heavy atom. The maximum Gasteiger partial charge on any atom is 0.226 e. The van der Waals surface area contributed by atoms with E-state index in [1.165, 1.54) is 6.07 Å². The van der Waals surface area contributed by atoms with Gasteiger partial charge in [0.25, 0.3) is 0 Å². The van der Waals surface area contributed by atoms with Gasteiger partial charge >= 0.3 is 0 Å². The number of hydrogen-bond donors (Lipinski definition) is 2. The summed E-state index contributed by atoms with van der Waals surface area (Å²) >= 11 is 0. The van der Waals surface area contributed by atoms with E-state index in [2.05, 4.69) is 11.9 Å². The quantitative estimate of drug-likeness (QED) is 0.171. The van der Waals surface area contributed by atoms with Crippen LogP contribution in [0.4, 0.5) is 15.8 Å². The van der Waals surface area contributed by atoms with Crippen LogP contribution in [0.5, 0.6) is 11.5 Å². The zero-order chi connectivity index (χ0) is 33.6. The van der Waals surface area contributed by atoms with Gasteiger partial charge in [-0.1, -0.05) is 75.0 Å². The number of allylic oxidation sites excluding steroid dienone is 1. The summed E-state index contributed by atoms with van der Waals surface area (Å²) in [5.41, 5.74) is 4.42. The molecule has 7 rings (SSSR count). The minimum absolute atomic E-state index is 0.0133. The Kier molecular flexibility index (Phi) is 7.87. The Morgan fingerprint density at radius 1 is 1.04 bits per heavy atom. The van der Waals surface area contributed by atoms with Crippen LogP contribution in [0, 0.1) is 18.2 Å². The van der Waals surface area contributed by atoms with Gasteiger partial charge < -0.3 is 24.5 Å². The number of hydrogen-bond acceptors (Lipinski definition) is 7. The Morgan fingerprint density at radius 2 is 1.77 bits per heavy atom. The second kappa shape index (κ2) is 12.2. The van der Waals surface area contributed by atoms with Crippen molar-refractivity contribution in [1.82, 2.24) is 4.98 Å². The van der Waals surface area contributed by atoms with Crippen LogP contribution in [0.15, 0.2) is 119 Å². The fraction of sp³-hybridized carbons (Fsp3) is 0.200. The lowest BCUT2D eigenvalue weighted by Gasteiger charge is -2.38. The molecule has 1 atom stereocenters. The van der Waals surface area contributed by atoms with E-state index in [1.807, 2.05) is 80.6 Å². The number of carbonyl (C=O) groups is 1. The molecule has 1 unspecified atom stereocenters. The molecule has 0 saturated carbocycles. The second-order valence-corrected chi connectivity index (χ2v) is 13.1. The average molecular weight is 642 g/mol. The van der Waals surface area contributed by atoms with Crippen molar-refractivity contribution in [3.05, 3.63) is 143 Å². The summed E-state index contributed by atoms with van der Waals surface area (Å²) < 4.78 is 28.6. The monoisotopic (exact) mass is 641 g/mol. The first kappa shape index (κ1) is 31.0. The molecule has 0 spiro atoms. The molecular weight excluding hydrogens is 605 g/mol. The average Bonchev–Trinajstić information content (AvgIpc) is 3.39. The molecule has 1 aliphatic heterocycles. The minimum Gasteiger partial charge on any atom is -0.506 e. The van der Waals surface area contributed by atoms with E-state index in [-0.39, 0.29) is 35.5 Å². The molecule has 4 aromatic carbocycles. The lowest BCUT2D eigenvalue weighted by Crippen LogP contribution is -2.36. The van der Waals surface area contributed by atoms with Gasteiger partial charge in [0.15, 0.2) is 5.78 Å². The number of halogens is 1. The first-order valence-electron chi connectivity index (χ1n) is 15.9. The van der Waals surface area contributed by atoms with Crippen LogP contribution in [0.25, 0.3) is 17.2 Å². The molecule has 1 aliphatic carbocycles. The van der Waals surface area contributed by atoms with Crippen LogP contribution in [0.3, 0.4) is 0 Å². The van der Waals surface area contributed by atoms with Crippen LogP contribution in [-0.4, -0.2) is 15.9 Å². The first-order valence-corrected chi connectivity index (χ1v) is 15.9. The summed E-state index contributed by atoms with van der Waals surface area (Å²) in [6.45, 7) is 10.6. The normalized spacial score (nSPS) is 16.9. The number of aromatic hydroxyl groups is 1. The third-order valence-electron chi connectivity index (χ3n) is 8.90. The number of phenolic OH excluding ortho intramolecular Hbond substituents is 1. The van der Waals surface area contributed by atoms with Gasteiger partial charge in [-0.05, 0) is 60.7 Å². The topological polar surface area (TPSA) is 87.8 Å². The number of benzene rings is 4. The molecule has 2 heterocycles. The third kappa shape index (κ3) is 5.74. The van der Waals surface area contributed by atoms with E-state index in [0.717, 1.165) is 11.1 Å². The lowest BCUT2D eigenvalue weighted by atomic mass is 9.73. The Bertz CT molecular complexity index is 2070. The highest BCUT2D eigenvalue weighted by atomic mass is 19.1. The van der Waals surface area contributed by atoms with Crippen LogP contribution < -0.4 is 15.0 Å². The molecule has 48 heavy (non-hydrogen) atoms. The number of carbonyl (C=O) groups excluding carboxylic acids is 1.